The third-order valence-corrected chi connectivity index (χ3v) is 4.98. The molecule has 0 amide bonds. The van der Waals surface area contributed by atoms with Crippen molar-refractivity contribution in [2.45, 2.75) is 25.3 Å². The molecule has 1 saturated heterocycles. The van der Waals surface area contributed by atoms with Crippen molar-refractivity contribution in [1.29, 1.82) is 0 Å². The van der Waals surface area contributed by atoms with Crippen molar-refractivity contribution in [2.24, 2.45) is 7.05 Å². The summed E-state index contributed by atoms with van der Waals surface area (Å²) >= 11 is 2.06. The number of aromatic nitrogens is 2. The van der Waals surface area contributed by atoms with Crippen LogP contribution in [0.4, 0.5) is 0 Å². The van der Waals surface area contributed by atoms with Gasteiger partial charge < -0.3 is 9.88 Å². The van der Waals surface area contributed by atoms with E-state index in [-0.39, 0.29) is 0 Å². The van der Waals surface area contributed by atoms with Crippen LogP contribution in [-0.2, 0) is 13.5 Å². The summed E-state index contributed by atoms with van der Waals surface area (Å²) in [5.41, 5.74) is 2.35. The van der Waals surface area contributed by atoms with Gasteiger partial charge in [0.1, 0.15) is 5.82 Å². The Morgan fingerprint density at radius 3 is 3.11 bits per heavy atom. The number of nitrogens with one attached hydrogen (secondary N) is 1. The first-order valence-electron chi connectivity index (χ1n) is 7.06. The van der Waals surface area contributed by atoms with Gasteiger partial charge in [-0.05, 0) is 37.3 Å². The SMILES string of the molecule is Cn1c(CCCN[C@H]2CCSC2)nc2ccccc21. The maximum atomic E-state index is 4.71. The van der Waals surface area contributed by atoms with Gasteiger partial charge in [-0.25, -0.2) is 4.98 Å². The molecule has 19 heavy (non-hydrogen) atoms. The summed E-state index contributed by atoms with van der Waals surface area (Å²) in [5, 5.41) is 3.65. The molecule has 0 spiro atoms. The summed E-state index contributed by atoms with van der Waals surface area (Å²) in [7, 11) is 2.12. The number of fused-ring (bicyclic) bond motifs is 1. The standard InChI is InChI=1S/C15H21N3S/c1-18-14-6-3-2-5-13(14)17-15(18)7-4-9-16-12-8-10-19-11-12/h2-3,5-6,12,16H,4,7-11H2,1H3/t12-/m0/s1. The molecule has 0 radical (unpaired) electrons. The quantitative estimate of drug-likeness (QED) is 0.851. The van der Waals surface area contributed by atoms with Crippen molar-refractivity contribution in [3.63, 3.8) is 0 Å². The van der Waals surface area contributed by atoms with Gasteiger partial charge in [-0.2, -0.15) is 11.8 Å². The van der Waals surface area contributed by atoms with Gasteiger partial charge in [-0.15, -0.1) is 0 Å². The molecule has 1 aromatic heterocycles. The Morgan fingerprint density at radius 1 is 1.42 bits per heavy atom. The van der Waals surface area contributed by atoms with Gasteiger partial charge in [-0.1, -0.05) is 12.1 Å². The lowest BCUT2D eigenvalue weighted by Gasteiger charge is -2.10. The van der Waals surface area contributed by atoms with E-state index in [0.717, 1.165) is 24.5 Å². The zero-order chi connectivity index (χ0) is 13.1. The summed E-state index contributed by atoms with van der Waals surface area (Å²) < 4.78 is 2.22. The molecular formula is C15H21N3S. The van der Waals surface area contributed by atoms with E-state index < -0.39 is 0 Å². The third-order valence-electron chi connectivity index (χ3n) is 3.82. The molecule has 2 aromatic rings. The smallest absolute Gasteiger partial charge is 0.109 e. The predicted octanol–water partition coefficient (Wildman–Crippen LogP) is 2.60. The summed E-state index contributed by atoms with van der Waals surface area (Å²) in [5.74, 6) is 3.80. The Bertz CT molecular complexity index is 543. The van der Waals surface area contributed by atoms with E-state index >= 15 is 0 Å². The van der Waals surface area contributed by atoms with Gasteiger partial charge in [-0.3, -0.25) is 0 Å². The average molecular weight is 275 g/mol. The maximum absolute atomic E-state index is 4.71. The molecule has 3 nitrogen and oxygen atoms in total. The first kappa shape index (κ1) is 13.0. The molecule has 1 aliphatic heterocycles. The van der Waals surface area contributed by atoms with Gasteiger partial charge in [0, 0.05) is 25.3 Å². The van der Waals surface area contributed by atoms with Crippen LogP contribution in [0, 0.1) is 0 Å². The molecule has 1 fully saturated rings. The van der Waals surface area contributed by atoms with Gasteiger partial charge in [0.2, 0.25) is 0 Å². The van der Waals surface area contributed by atoms with Crippen molar-refractivity contribution < 1.29 is 0 Å². The zero-order valence-corrected chi connectivity index (χ0v) is 12.2. The second-order valence-corrected chi connectivity index (χ2v) is 6.34. The Morgan fingerprint density at radius 2 is 2.32 bits per heavy atom. The lowest BCUT2D eigenvalue weighted by molar-refractivity contribution is 0.539. The molecule has 0 saturated carbocycles. The molecule has 102 valence electrons. The van der Waals surface area contributed by atoms with Crippen molar-refractivity contribution in [3.05, 3.63) is 30.1 Å². The summed E-state index contributed by atoms with van der Waals surface area (Å²) in [4.78, 5) is 4.71. The van der Waals surface area contributed by atoms with Crippen LogP contribution >= 0.6 is 11.8 Å². The Hall–Kier alpha value is -1.00. The number of para-hydroxylation sites is 2. The van der Waals surface area contributed by atoms with Gasteiger partial charge in [0.15, 0.2) is 0 Å². The van der Waals surface area contributed by atoms with Crippen LogP contribution in [0.25, 0.3) is 11.0 Å². The van der Waals surface area contributed by atoms with E-state index in [1.807, 2.05) is 0 Å². The minimum Gasteiger partial charge on any atom is -0.331 e. The lowest BCUT2D eigenvalue weighted by atomic mass is 10.2. The number of imidazole rings is 1. The van der Waals surface area contributed by atoms with Crippen LogP contribution in [0.3, 0.4) is 0 Å². The van der Waals surface area contributed by atoms with Crippen LogP contribution < -0.4 is 5.32 Å². The van der Waals surface area contributed by atoms with E-state index in [1.54, 1.807) is 0 Å². The van der Waals surface area contributed by atoms with Crippen molar-refractivity contribution >= 4 is 22.8 Å². The molecule has 0 aliphatic carbocycles. The molecule has 1 aromatic carbocycles. The number of thioether (sulfide) groups is 1. The zero-order valence-electron chi connectivity index (χ0n) is 11.4. The van der Waals surface area contributed by atoms with E-state index in [1.165, 1.54) is 35.7 Å². The highest BCUT2D eigenvalue weighted by Gasteiger charge is 2.14. The molecular weight excluding hydrogens is 254 g/mol. The number of nitrogens with zero attached hydrogens (tertiary/aromatic N) is 2. The molecule has 1 aliphatic rings. The van der Waals surface area contributed by atoms with Gasteiger partial charge in [0.25, 0.3) is 0 Å². The molecule has 0 bridgehead atoms. The second kappa shape index (κ2) is 5.97. The topological polar surface area (TPSA) is 29.9 Å². The first-order chi connectivity index (χ1) is 9.34. The second-order valence-electron chi connectivity index (χ2n) is 5.19. The fourth-order valence-electron chi connectivity index (χ4n) is 2.67. The summed E-state index contributed by atoms with van der Waals surface area (Å²) in [6.07, 6.45) is 3.55. The normalized spacial score (nSPS) is 19.3. The van der Waals surface area contributed by atoms with Crippen molar-refractivity contribution in [2.75, 3.05) is 18.1 Å². The highest BCUT2D eigenvalue weighted by atomic mass is 32.2. The van der Waals surface area contributed by atoms with Crippen LogP contribution in [0.2, 0.25) is 0 Å². The molecule has 0 unspecified atom stereocenters. The highest BCUT2D eigenvalue weighted by molar-refractivity contribution is 7.99. The minimum atomic E-state index is 0.741. The number of aryl methyl sites for hydroxylation is 2. The Labute approximate surface area is 118 Å². The fraction of sp³-hybridized carbons (Fsp3) is 0.533. The highest BCUT2D eigenvalue weighted by Crippen LogP contribution is 2.17. The van der Waals surface area contributed by atoms with E-state index in [2.05, 4.69) is 53.0 Å². The number of benzene rings is 1. The van der Waals surface area contributed by atoms with E-state index in [9.17, 15) is 0 Å². The minimum absolute atomic E-state index is 0.741. The lowest BCUT2D eigenvalue weighted by Crippen LogP contribution is -2.29. The molecule has 1 N–H and O–H groups in total. The van der Waals surface area contributed by atoms with Crippen molar-refractivity contribution in [3.8, 4) is 0 Å². The first-order valence-corrected chi connectivity index (χ1v) is 8.21. The molecule has 4 heteroatoms. The molecule has 1 atom stereocenters. The van der Waals surface area contributed by atoms with E-state index in [0.29, 0.717) is 0 Å². The predicted molar refractivity (Wildman–Crippen MR) is 82.8 cm³/mol. The summed E-state index contributed by atoms with van der Waals surface area (Å²) in [6.45, 7) is 1.11. The van der Waals surface area contributed by atoms with Gasteiger partial charge >= 0.3 is 0 Å². The monoisotopic (exact) mass is 275 g/mol. The van der Waals surface area contributed by atoms with Crippen molar-refractivity contribution in [1.82, 2.24) is 14.9 Å². The van der Waals surface area contributed by atoms with Crippen LogP contribution in [0.1, 0.15) is 18.7 Å². The summed E-state index contributed by atoms with van der Waals surface area (Å²) in [6, 6.07) is 9.10. The average Bonchev–Trinajstić information content (AvgIpc) is 3.04. The number of rotatable bonds is 5. The molecule has 2 heterocycles. The maximum Gasteiger partial charge on any atom is 0.109 e. The van der Waals surface area contributed by atoms with Gasteiger partial charge in [0.05, 0.1) is 11.0 Å². The Balaban J connectivity index is 1.54. The largest absolute Gasteiger partial charge is 0.331 e. The molecule has 3 rings (SSSR count). The third kappa shape index (κ3) is 2.95. The number of hydrogen-bond acceptors (Lipinski definition) is 3. The Kier molecular flexibility index (Phi) is 4.09. The fourth-order valence-corrected chi connectivity index (χ4v) is 3.85. The van der Waals surface area contributed by atoms with E-state index in [4.69, 9.17) is 4.98 Å². The number of hydrogen-bond donors (Lipinski definition) is 1. The van der Waals surface area contributed by atoms with Crippen LogP contribution in [0.15, 0.2) is 24.3 Å². The van der Waals surface area contributed by atoms with Crippen LogP contribution in [0.5, 0.6) is 0 Å². The van der Waals surface area contributed by atoms with Crippen LogP contribution in [-0.4, -0.2) is 33.6 Å².